The number of amides is 2. The molecule has 0 aliphatic carbocycles. The Morgan fingerprint density at radius 2 is 1.65 bits per heavy atom. The van der Waals surface area contributed by atoms with Crippen LogP contribution in [0.3, 0.4) is 0 Å². The van der Waals surface area contributed by atoms with E-state index in [9.17, 15) is 22.8 Å². The van der Waals surface area contributed by atoms with Crippen LogP contribution in [0.1, 0.15) is 33.6 Å². The molecule has 1 aromatic heterocycles. The van der Waals surface area contributed by atoms with Crippen LogP contribution < -0.4 is 15.8 Å². The van der Waals surface area contributed by atoms with Gasteiger partial charge in [0.15, 0.2) is 0 Å². The average molecular weight is 518 g/mol. The number of anilines is 1. The summed E-state index contributed by atoms with van der Waals surface area (Å²) in [5, 5.41) is 11.8. The Morgan fingerprint density at radius 3 is 2.27 bits per heavy atom. The van der Waals surface area contributed by atoms with E-state index in [1.165, 1.54) is 0 Å². The molecule has 0 bridgehead atoms. The molecule has 0 atom stereocenters. The van der Waals surface area contributed by atoms with Crippen LogP contribution in [0, 0.1) is 0 Å². The summed E-state index contributed by atoms with van der Waals surface area (Å²) in [5.74, 6) is -1.81. The number of hydrogen-bond donors (Lipinski definition) is 3. The third-order valence-corrected chi connectivity index (χ3v) is 5.45. The monoisotopic (exact) mass is 518 g/mol. The van der Waals surface area contributed by atoms with Gasteiger partial charge in [-0.1, -0.05) is 6.07 Å². The molecule has 4 N–H and O–H groups in total. The fraction of sp³-hybridized carbons (Fsp3) is 0.280. The smallest absolute Gasteiger partial charge is 0.490 e. The van der Waals surface area contributed by atoms with Gasteiger partial charge in [0, 0.05) is 35.8 Å². The molecule has 196 valence electrons. The van der Waals surface area contributed by atoms with Crippen molar-refractivity contribution < 1.29 is 37.4 Å². The number of aromatic nitrogens is 1. The maximum atomic E-state index is 12.4. The van der Waals surface area contributed by atoms with Gasteiger partial charge in [0.1, 0.15) is 18.2 Å². The number of nitrogens with zero attached hydrogens (tertiary/aromatic N) is 2. The predicted octanol–water partition coefficient (Wildman–Crippen LogP) is 3.50. The molecule has 0 spiro atoms. The Bertz CT molecular complexity index is 1260. The number of carbonyl (C=O) groups excluding carboxylic acids is 2. The van der Waals surface area contributed by atoms with E-state index in [0.29, 0.717) is 35.8 Å². The molecule has 3 aromatic rings. The lowest BCUT2D eigenvalue weighted by atomic mass is 10.1. The number of pyridine rings is 1. The number of benzene rings is 2. The number of halogens is 3. The third kappa shape index (κ3) is 7.56. The minimum Gasteiger partial charge on any atom is -0.492 e. The number of rotatable bonds is 6. The lowest BCUT2D eigenvalue weighted by molar-refractivity contribution is -0.192. The number of nitrogens with two attached hydrogens (primary N) is 1. The first-order valence-corrected chi connectivity index (χ1v) is 11.3. The SMILES string of the molecule is Nc1nccc2ccc(OCCNC(=O)c3ccc(C(=O)N4CCCC4)cc3)cc12.O=C(O)C(F)(F)F. The molecule has 2 aromatic carbocycles. The van der Waals surface area contributed by atoms with Gasteiger partial charge in [-0.15, -0.1) is 0 Å². The zero-order valence-corrected chi connectivity index (χ0v) is 19.6. The van der Waals surface area contributed by atoms with Gasteiger partial charge in [-0.3, -0.25) is 9.59 Å². The largest absolute Gasteiger partial charge is 0.492 e. The maximum absolute atomic E-state index is 12.4. The third-order valence-electron chi connectivity index (χ3n) is 5.45. The molecule has 1 aliphatic rings. The number of carboxylic acids is 1. The lowest BCUT2D eigenvalue weighted by Crippen LogP contribution is -2.29. The van der Waals surface area contributed by atoms with Crippen molar-refractivity contribution >= 4 is 34.4 Å². The molecule has 4 rings (SSSR count). The fourth-order valence-electron chi connectivity index (χ4n) is 3.56. The van der Waals surface area contributed by atoms with Crippen molar-refractivity contribution in [3.05, 3.63) is 65.9 Å². The number of alkyl halides is 3. The summed E-state index contributed by atoms with van der Waals surface area (Å²) in [7, 11) is 0. The summed E-state index contributed by atoms with van der Waals surface area (Å²) < 4.78 is 37.5. The van der Waals surface area contributed by atoms with Crippen molar-refractivity contribution in [3.8, 4) is 5.75 Å². The van der Waals surface area contributed by atoms with Crippen LogP contribution in [-0.4, -0.2) is 65.2 Å². The number of hydrogen-bond acceptors (Lipinski definition) is 6. The molecule has 12 heteroatoms. The van der Waals surface area contributed by atoms with E-state index in [1.807, 2.05) is 29.2 Å². The van der Waals surface area contributed by atoms with Crippen molar-refractivity contribution in [1.82, 2.24) is 15.2 Å². The number of nitrogens with one attached hydrogen (secondary N) is 1. The first-order valence-electron chi connectivity index (χ1n) is 11.3. The fourth-order valence-corrected chi connectivity index (χ4v) is 3.56. The summed E-state index contributed by atoms with van der Waals surface area (Å²) in [4.78, 5) is 39.5. The molecule has 1 aliphatic heterocycles. The van der Waals surface area contributed by atoms with E-state index in [-0.39, 0.29) is 11.8 Å². The van der Waals surface area contributed by atoms with Gasteiger partial charge in [-0.25, -0.2) is 9.78 Å². The highest BCUT2D eigenvalue weighted by Gasteiger charge is 2.38. The van der Waals surface area contributed by atoms with Gasteiger partial charge in [0.25, 0.3) is 11.8 Å². The normalized spacial score (nSPS) is 13.0. The minimum atomic E-state index is -5.08. The van der Waals surface area contributed by atoms with Gasteiger partial charge in [0.2, 0.25) is 0 Å². The Morgan fingerprint density at radius 1 is 1.03 bits per heavy atom. The van der Waals surface area contributed by atoms with Crippen molar-refractivity contribution in [3.63, 3.8) is 0 Å². The number of carbonyl (C=O) groups is 3. The van der Waals surface area contributed by atoms with Gasteiger partial charge < -0.3 is 25.8 Å². The van der Waals surface area contributed by atoms with Crippen LogP contribution >= 0.6 is 0 Å². The van der Waals surface area contributed by atoms with E-state index < -0.39 is 12.1 Å². The topological polar surface area (TPSA) is 135 Å². The molecule has 0 saturated carbocycles. The van der Waals surface area contributed by atoms with Gasteiger partial charge in [-0.2, -0.15) is 13.2 Å². The van der Waals surface area contributed by atoms with Crippen molar-refractivity contribution in [2.45, 2.75) is 19.0 Å². The Balaban J connectivity index is 0.000000479. The number of ether oxygens (including phenoxy) is 1. The molecule has 1 saturated heterocycles. The zero-order chi connectivity index (χ0) is 27.0. The van der Waals surface area contributed by atoms with E-state index in [4.69, 9.17) is 20.4 Å². The molecule has 0 unspecified atom stereocenters. The first-order chi connectivity index (χ1) is 17.6. The van der Waals surface area contributed by atoms with Crippen LogP contribution in [0.5, 0.6) is 5.75 Å². The lowest BCUT2D eigenvalue weighted by Gasteiger charge is -2.15. The summed E-state index contributed by atoms with van der Waals surface area (Å²) in [5.41, 5.74) is 7.03. The highest BCUT2D eigenvalue weighted by atomic mass is 19.4. The highest BCUT2D eigenvalue weighted by Crippen LogP contribution is 2.24. The Kier molecular flexibility index (Phi) is 8.88. The minimum absolute atomic E-state index is 0.0269. The second kappa shape index (κ2) is 12.1. The molecule has 1 fully saturated rings. The van der Waals surface area contributed by atoms with Crippen LogP contribution in [0.2, 0.25) is 0 Å². The molecular weight excluding hydrogens is 493 g/mol. The molecule has 0 radical (unpaired) electrons. The maximum Gasteiger partial charge on any atom is 0.490 e. The Hall–Kier alpha value is -4.35. The van der Waals surface area contributed by atoms with E-state index in [2.05, 4.69) is 10.3 Å². The van der Waals surface area contributed by atoms with Gasteiger partial charge >= 0.3 is 12.1 Å². The average Bonchev–Trinajstić information content (AvgIpc) is 3.41. The van der Waals surface area contributed by atoms with Gasteiger partial charge in [0.05, 0.1) is 6.54 Å². The standard InChI is InChI=1S/C23H24N4O3.C2HF3O2/c24-21-20-15-19(8-7-16(20)9-10-25-21)30-14-11-26-22(28)17-3-5-18(6-4-17)23(29)27-12-1-2-13-27;3-2(4,5)1(6)7/h3-10,15H,1-2,11-14H2,(H2,24,25)(H,26,28);(H,6,7). The zero-order valence-electron chi connectivity index (χ0n) is 19.6. The van der Waals surface area contributed by atoms with Crippen LogP contribution in [0.15, 0.2) is 54.7 Å². The van der Waals surface area contributed by atoms with E-state index >= 15 is 0 Å². The molecule has 2 amide bonds. The summed E-state index contributed by atoms with van der Waals surface area (Å²) in [6.07, 6.45) is -1.31. The van der Waals surface area contributed by atoms with E-state index in [0.717, 1.165) is 36.7 Å². The predicted molar refractivity (Wildman–Crippen MR) is 129 cm³/mol. The summed E-state index contributed by atoms with van der Waals surface area (Å²) in [6, 6.07) is 14.3. The van der Waals surface area contributed by atoms with Crippen molar-refractivity contribution in [1.29, 1.82) is 0 Å². The van der Waals surface area contributed by atoms with Crippen LogP contribution in [0.4, 0.5) is 19.0 Å². The molecule has 9 nitrogen and oxygen atoms in total. The summed E-state index contributed by atoms with van der Waals surface area (Å²) >= 11 is 0. The number of carboxylic acid groups (broad SMARTS) is 1. The van der Waals surface area contributed by atoms with Crippen LogP contribution in [-0.2, 0) is 4.79 Å². The van der Waals surface area contributed by atoms with Crippen molar-refractivity contribution in [2.24, 2.45) is 0 Å². The number of likely N-dealkylation sites (tertiary alicyclic amines) is 1. The molecule has 37 heavy (non-hydrogen) atoms. The Labute approximate surface area is 210 Å². The summed E-state index contributed by atoms with van der Waals surface area (Å²) in [6.45, 7) is 2.29. The number of aliphatic carboxylic acids is 1. The molecule has 2 heterocycles. The van der Waals surface area contributed by atoms with Gasteiger partial charge in [-0.05, 0) is 60.7 Å². The quantitative estimate of drug-likeness (QED) is 0.425. The second-order valence-electron chi connectivity index (χ2n) is 8.06. The van der Waals surface area contributed by atoms with E-state index in [1.54, 1.807) is 30.5 Å². The van der Waals surface area contributed by atoms with Crippen LogP contribution in [0.25, 0.3) is 10.8 Å². The number of nitrogen functional groups attached to an aromatic ring is 1. The first kappa shape index (κ1) is 27.2. The second-order valence-corrected chi connectivity index (χ2v) is 8.06. The highest BCUT2D eigenvalue weighted by molar-refractivity contribution is 5.98. The van der Waals surface area contributed by atoms with Crippen molar-refractivity contribution in [2.75, 3.05) is 32.0 Å². The number of fused-ring (bicyclic) bond motifs is 1. The molecular formula is C25H25F3N4O5.